The molecule has 2 aliphatic carbocycles. The van der Waals surface area contributed by atoms with Crippen LogP contribution in [-0.2, 0) is 14.3 Å². The molecule has 0 spiro atoms. The highest BCUT2D eigenvalue weighted by molar-refractivity contribution is 5.90. The maximum absolute atomic E-state index is 13.1. The van der Waals surface area contributed by atoms with Crippen LogP contribution in [0.3, 0.4) is 0 Å². The van der Waals surface area contributed by atoms with Crippen molar-refractivity contribution in [2.24, 2.45) is 17.1 Å². The predicted molar refractivity (Wildman–Crippen MR) is 87.5 cm³/mol. The fraction of sp³-hybridized carbons (Fsp3) is 0.647. The number of carbonyl (C=O) groups is 2. The van der Waals surface area contributed by atoms with Gasteiger partial charge in [-0.2, -0.15) is 0 Å². The van der Waals surface area contributed by atoms with Gasteiger partial charge in [0.25, 0.3) is 0 Å². The van der Waals surface area contributed by atoms with E-state index in [2.05, 4.69) is 0 Å². The summed E-state index contributed by atoms with van der Waals surface area (Å²) in [5.41, 5.74) is 4.80. The highest BCUT2D eigenvalue weighted by Gasteiger charge is 2.46. The van der Waals surface area contributed by atoms with E-state index in [9.17, 15) is 19.7 Å². The number of allylic oxidation sites excluding steroid dienone is 4. The molecule has 7 heteroatoms. The van der Waals surface area contributed by atoms with Crippen molar-refractivity contribution >= 4 is 11.8 Å². The first-order chi connectivity index (χ1) is 11.4. The molecule has 2 rings (SSSR count). The summed E-state index contributed by atoms with van der Waals surface area (Å²) in [6.07, 6.45) is 8.17. The Kier molecular flexibility index (Phi) is 5.88. The summed E-state index contributed by atoms with van der Waals surface area (Å²) >= 11 is 0. The molecular weight excluding hydrogens is 312 g/mol. The summed E-state index contributed by atoms with van der Waals surface area (Å²) in [5.74, 6) is -0.736. The molecule has 1 fully saturated rings. The number of nitrogens with zero attached hydrogens (tertiary/aromatic N) is 1. The van der Waals surface area contributed by atoms with Crippen LogP contribution < -0.4 is 5.73 Å². The number of Topliss-reactive ketones (excluding diaryl/α,β-unsaturated/α-hetero) is 1. The van der Waals surface area contributed by atoms with Crippen molar-refractivity contribution in [1.29, 1.82) is 0 Å². The maximum Gasteiger partial charge on any atom is 0.322 e. The van der Waals surface area contributed by atoms with Gasteiger partial charge in [-0.3, -0.25) is 19.7 Å². The first-order valence-corrected chi connectivity index (χ1v) is 8.39. The van der Waals surface area contributed by atoms with Gasteiger partial charge < -0.3 is 10.5 Å². The summed E-state index contributed by atoms with van der Waals surface area (Å²) in [6.45, 7) is 1.88. The minimum atomic E-state index is -1.10. The largest absolute Gasteiger partial charge is 0.465 e. The Labute approximate surface area is 141 Å². The number of nitro groups is 1. The van der Waals surface area contributed by atoms with E-state index < -0.39 is 22.3 Å². The Hall–Kier alpha value is -2.02. The van der Waals surface area contributed by atoms with Crippen LogP contribution in [0.5, 0.6) is 0 Å². The first-order valence-electron chi connectivity index (χ1n) is 8.39. The van der Waals surface area contributed by atoms with Gasteiger partial charge in [-0.05, 0) is 26.2 Å². The van der Waals surface area contributed by atoms with E-state index in [1.54, 1.807) is 13.0 Å². The van der Waals surface area contributed by atoms with Gasteiger partial charge in [0.2, 0.25) is 5.70 Å². The van der Waals surface area contributed by atoms with E-state index in [0.717, 1.165) is 25.7 Å². The minimum Gasteiger partial charge on any atom is -0.465 e. The van der Waals surface area contributed by atoms with Gasteiger partial charge >= 0.3 is 5.97 Å². The number of nitrogens with two attached hydrogens (primary N) is 1. The van der Waals surface area contributed by atoms with Crippen molar-refractivity contribution in [3.8, 4) is 0 Å². The van der Waals surface area contributed by atoms with E-state index in [1.165, 1.54) is 12.2 Å². The summed E-state index contributed by atoms with van der Waals surface area (Å²) in [6, 6.07) is -0.981. The third kappa shape index (κ3) is 3.90. The van der Waals surface area contributed by atoms with Gasteiger partial charge in [-0.15, -0.1) is 0 Å². The Morgan fingerprint density at radius 3 is 2.71 bits per heavy atom. The molecule has 0 heterocycles. The topological polar surface area (TPSA) is 113 Å². The van der Waals surface area contributed by atoms with Crippen LogP contribution in [0.4, 0.5) is 0 Å². The summed E-state index contributed by atoms with van der Waals surface area (Å²) in [5, 5.41) is 11.2. The Morgan fingerprint density at radius 1 is 1.46 bits per heavy atom. The molecule has 24 heavy (non-hydrogen) atoms. The Balaban J connectivity index is 2.26. The number of ether oxygens (including phenoxy) is 1. The molecule has 7 nitrogen and oxygen atoms in total. The fourth-order valence-corrected chi connectivity index (χ4v) is 3.64. The van der Waals surface area contributed by atoms with Crippen molar-refractivity contribution in [2.45, 2.75) is 51.5 Å². The van der Waals surface area contributed by atoms with Crippen molar-refractivity contribution in [2.75, 3.05) is 6.61 Å². The van der Waals surface area contributed by atoms with E-state index >= 15 is 0 Å². The zero-order valence-electron chi connectivity index (χ0n) is 13.9. The van der Waals surface area contributed by atoms with Crippen LogP contribution in [0.1, 0.15) is 45.4 Å². The first kappa shape index (κ1) is 18.3. The number of hydrogen-bond donors (Lipinski definition) is 1. The average Bonchev–Trinajstić information content (AvgIpc) is 3.08. The molecular formula is C17H24N2O5. The standard InChI is InChI=1S/C17H24N2O5/c1-2-24-16(21)14(18)11-17(15(20)12-6-3-4-7-12)9-5-8-13(10-17)19(22)23/h5,8-9,12,14H,2-4,6-7,10-11,18H2,1H3/t14-,17-/m1/s1. The molecule has 0 radical (unpaired) electrons. The van der Waals surface area contributed by atoms with Crippen molar-refractivity contribution in [3.63, 3.8) is 0 Å². The van der Waals surface area contributed by atoms with E-state index in [-0.39, 0.29) is 36.8 Å². The van der Waals surface area contributed by atoms with Crippen LogP contribution in [0.25, 0.3) is 0 Å². The molecule has 0 aromatic heterocycles. The molecule has 2 N–H and O–H groups in total. The fourth-order valence-electron chi connectivity index (χ4n) is 3.64. The zero-order valence-corrected chi connectivity index (χ0v) is 13.9. The quantitative estimate of drug-likeness (QED) is 0.433. The highest BCUT2D eigenvalue weighted by atomic mass is 16.6. The van der Waals surface area contributed by atoms with Crippen LogP contribution >= 0.6 is 0 Å². The molecule has 0 aromatic carbocycles. The monoisotopic (exact) mass is 336 g/mol. The van der Waals surface area contributed by atoms with Gasteiger partial charge in [0.15, 0.2) is 0 Å². The average molecular weight is 336 g/mol. The number of carbonyl (C=O) groups excluding carboxylic acids is 2. The van der Waals surface area contributed by atoms with Gasteiger partial charge in [-0.1, -0.05) is 25.0 Å². The zero-order chi connectivity index (χ0) is 17.7. The van der Waals surface area contributed by atoms with E-state index in [0.29, 0.717) is 0 Å². The normalized spacial score (nSPS) is 25.2. The SMILES string of the molecule is CCOC(=O)[C@H](N)C[C@@]1(C(=O)C2CCCC2)C=CC=C([N+](=O)[O-])C1. The molecule has 0 saturated heterocycles. The molecule has 0 unspecified atom stereocenters. The Bertz CT molecular complexity index is 578. The maximum atomic E-state index is 13.1. The number of esters is 1. The van der Waals surface area contributed by atoms with Crippen LogP contribution in [0.15, 0.2) is 23.9 Å². The number of rotatable bonds is 7. The second-order valence-corrected chi connectivity index (χ2v) is 6.52. The third-order valence-electron chi connectivity index (χ3n) is 4.83. The Morgan fingerprint density at radius 2 is 2.12 bits per heavy atom. The minimum absolute atomic E-state index is 0.0279. The van der Waals surface area contributed by atoms with Gasteiger partial charge in [0.1, 0.15) is 11.8 Å². The summed E-state index contributed by atoms with van der Waals surface area (Å²) in [4.78, 5) is 35.7. The lowest BCUT2D eigenvalue weighted by Gasteiger charge is -2.33. The lowest BCUT2D eigenvalue weighted by molar-refractivity contribution is -0.429. The number of ketones is 1. The smallest absolute Gasteiger partial charge is 0.322 e. The van der Waals surface area contributed by atoms with Gasteiger partial charge in [-0.25, -0.2) is 0 Å². The van der Waals surface area contributed by atoms with Crippen LogP contribution in [0.2, 0.25) is 0 Å². The van der Waals surface area contributed by atoms with Gasteiger partial charge in [0, 0.05) is 12.0 Å². The van der Waals surface area contributed by atoms with Crippen molar-refractivity contribution in [1.82, 2.24) is 0 Å². The summed E-state index contributed by atoms with van der Waals surface area (Å²) in [7, 11) is 0. The lowest BCUT2D eigenvalue weighted by atomic mass is 9.68. The molecule has 2 atom stereocenters. The third-order valence-corrected chi connectivity index (χ3v) is 4.83. The number of hydrogen-bond acceptors (Lipinski definition) is 6. The van der Waals surface area contributed by atoms with E-state index in [4.69, 9.17) is 10.5 Å². The second kappa shape index (κ2) is 7.70. The van der Waals surface area contributed by atoms with Crippen molar-refractivity contribution in [3.05, 3.63) is 34.0 Å². The molecule has 0 aliphatic heterocycles. The van der Waals surface area contributed by atoms with Gasteiger partial charge in [0.05, 0.1) is 23.4 Å². The van der Waals surface area contributed by atoms with Crippen LogP contribution in [-0.4, -0.2) is 29.3 Å². The lowest BCUT2D eigenvalue weighted by Crippen LogP contribution is -2.44. The molecule has 0 bridgehead atoms. The van der Waals surface area contributed by atoms with Crippen LogP contribution in [0, 0.1) is 21.4 Å². The molecule has 2 aliphatic rings. The molecule has 132 valence electrons. The molecule has 1 saturated carbocycles. The second-order valence-electron chi connectivity index (χ2n) is 6.52. The molecule has 0 amide bonds. The summed E-state index contributed by atoms with van der Waals surface area (Å²) < 4.78 is 4.92. The van der Waals surface area contributed by atoms with E-state index in [1.807, 2.05) is 0 Å². The predicted octanol–water partition coefficient (Wildman–Crippen LogP) is 2.13. The van der Waals surface area contributed by atoms with Crippen molar-refractivity contribution < 1.29 is 19.2 Å². The highest BCUT2D eigenvalue weighted by Crippen LogP contribution is 2.42. The molecule has 0 aromatic rings.